The first-order chi connectivity index (χ1) is 16.8. The zero-order chi connectivity index (χ0) is 24.9. The van der Waals surface area contributed by atoms with Crippen LogP contribution in [-0.4, -0.2) is 22.0 Å². The predicted molar refractivity (Wildman–Crippen MR) is 134 cm³/mol. The third-order valence-electron chi connectivity index (χ3n) is 4.96. The fourth-order valence-corrected chi connectivity index (χ4v) is 3.70. The van der Waals surface area contributed by atoms with Crippen LogP contribution in [0.15, 0.2) is 88.4 Å². The Kier molecular flexibility index (Phi) is 6.78. The SMILES string of the molecule is O=C(Oc1ccc(Br)cc1/C=N\Nc1ccc([N+](=O)[O-])cc1[N+](=O)[O-])c1cccc2ccccc12. The summed E-state index contributed by atoms with van der Waals surface area (Å²) >= 11 is 3.35. The fraction of sp³-hybridized carbons (Fsp3) is 0. The lowest BCUT2D eigenvalue weighted by atomic mass is 10.0. The average Bonchev–Trinajstić information content (AvgIpc) is 2.85. The number of halogens is 1. The Labute approximate surface area is 206 Å². The fourth-order valence-electron chi connectivity index (χ4n) is 3.32. The number of rotatable bonds is 7. The summed E-state index contributed by atoms with van der Waals surface area (Å²) in [6, 6.07) is 20.9. The average molecular weight is 535 g/mol. The highest BCUT2D eigenvalue weighted by atomic mass is 79.9. The molecule has 0 fully saturated rings. The van der Waals surface area contributed by atoms with Crippen LogP contribution in [0.5, 0.6) is 5.75 Å². The van der Waals surface area contributed by atoms with Crippen molar-refractivity contribution in [3.63, 3.8) is 0 Å². The van der Waals surface area contributed by atoms with Gasteiger partial charge in [-0.2, -0.15) is 5.10 Å². The van der Waals surface area contributed by atoms with Crippen LogP contribution >= 0.6 is 15.9 Å². The van der Waals surface area contributed by atoms with Gasteiger partial charge < -0.3 is 4.74 Å². The number of anilines is 1. The molecule has 0 aromatic heterocycles. The summed E-state index contributed by atoms with van der Waals surface area (Å²) in [6.45, 7) is 0. The van der Waals surface area contributed by atoms with Crippen molar-refractivity contribution in [2.75, 3.05) is 5.43 Å². The van der Waals surface area contributed by atoms with Gasteiger partial charge in [-0.1, -0.05) is 52.3 Å². The molecule has 35 heavy (non-hydrogen) atoms. The molecular weight excluding hydrogens is 520 g/mol. The van der Waals surface area contributed by atoms with Crippen LogP contribution in [0.25, 0.3) is 10.8 Å². The van der Waals surface area contributed by atoms with E-state index in [2.05, 4.69) is 26.5 Å². The number of hydrogen-bond acceptors (Lipinski definition) is 8. The molecule has 174 valence electrons. The van der Waals surface area contributed by atoms with Crippen LogP contribution in [0.3, 0.4) is 0 Å². The van der Waals surface area contributed by atoms with Crippen molar-refractivity contribution in [1.82, 2.24) is 0 Å². The Morgan fingerprint density at radius 3 is 2.49 bits per heavy atom. The third-order valence-corrected chi connectivity index (χ3v) is 5.45. The van der Waals surface area contributed by atoms with E-state index in [1.807, 2.05) is 30.3 Å². The quantitative estimate of drug-likeness (QED) is 0.0995. The van der Waals surface area contributed by atoms with Gasteiger partial charge in [0.05, 0.1) is 27.7 Å². The minimum absolute atomic E-state index is 0.0406. The highest BCUT2D eigenvalue weighted by molar-refractivity contribution is 9.10. The van der Waals surface area contributed by atoms with Gasteiger partial charge in [0.25, 0.3) is 5.69 Å². The molecule has 4 rings (SSSR count). The number of benzene rings is 4. The first kappa shape index (κ1) is 23.5. The van der Waals surface area contributed by atoms with E-state index in [0.29, 0.717) is 15.6 Å². The minimum atomic E-state index is -0.749. The smallest absolute Gasteiger partial charge is 0.344 e. The van der Waals surface area contributed by atoms with Crippen molar-refractivity contribution in [3.8, 4) is 5.75 Å². The molecular formula is C24H15BrN4O6. The second kappa shape index (κ2) is 10.1. The zero-order valence-electron chi connectivity index (χ0n) is 17.8. The van der Waals surface area contributed by atoms with Gasteiger partial charge in [-0.3, -0.25) is 25.7 Å². The van der Waals surface area contributed by atoms with Crippen molar-refractivity contribution in [2.24, 2.45) is 5.10 Å². The summed E-state index contributed by atoms with van der Waals surface area (Å²) in [6.07, 6.45) is 1.32. The van der Waals surface area contributed by atoms with Gasteiger partial charge >= 0.3 is 11.7 Å². The lowest BCUT2D eigenvalue weighted by molar-refractivity contribution is -0.393. The number of nitrogens with zero attached hydrogens (tertiary/aromatic N) is 3. The largest absolute Gasteiger partial charge is 0.422 e. The molecule has 0 saturated carbocycles. The maximum absolute atomic E-state index is 12.9. The second-order valence-corrected chi connectivity index (χ2v) is 8.10. The molecule has 0 aliphatic heterocycles. The molecule has 0 amide bonds. The van der Waals surface area contributed by atoms with Gasteiger partial charge in [-0.15, -0.1) is 0 Å². The van der Waals surface area contributed by atoms with Crippen molar-refractivity contribution >= 4 is 55.9 Å². The van der Waals surface area contributed by atoms with E-state index in [-0.39, 0.29) is 11.4 Å². The summed E-state index contributed by atoms with van der Waals surface area (Å²) in [5.41, 5.74) is 2.36. The zero-order valence-corrected chi connectivity index (χ0v) is 19.3. The summed E-state index contributed by atoms with van der Waals surface area (Å²) in [5, 5.41) is 27.9. The topological polar surface area (TPSA) is 137 Å². The second-order valence-electron chi connectivity index (χ2n) is 7.18. The number of esters is 1. The molecule has 4 aromatic rings. The number of nitrogens with one attached hydrogen (secondary N) is 1. The molecule has 4 aromatic carbocycles. The van der Waals surface area contributed by atoms with Crippen LogP contribution in [0.1, 0.15) is 15.9 Å². The van der Waals surface area contributed by atoms with Crippen molar-refractivity contribution in [3.05, 3.63) is 115 Å². The summed E-state index contributed by atoms with van der Waals surface area (Å²) in [5.74, 6) is -0.340. The number of nitro groups is 2. The van der Waals surface area contributed by atoms with Crippen LogP contribution in [-0.2, 0) is 0 Å². The van der Waals surface area contributed by atoms with E-state index in [9.17, 15) is 25.0 Å². The molecule has 11 heteroatoms. The molecule has 0 aliphatic rings. The maximum atomic E-state index is 12.9. The van der Waals surface area contributed by atoms with Gasteiger partial charge in [0, 0.05) is 16.1 Å². The van der Waals surface area contributed by atoms with Gasteiger partial charge in [-0.05, 0) is 41.1 Å². The summed E-state index contributed by atoms with van der Waals surface area (Å²) < 4.78 is 6.32. The number of non-ortho nitro benzene ring substituents is 1. The Morgan fingerprint density at radius 2 is 1.71 bits per heavy atom. The highest BCUT2D eigenvalue weighted by Crippen LogP contribution is 2.29. The van der Waals surface area contributed by atoms with Crippen LogP contribution in [0.4, 0.5) is 17.1 Å². The number of carbonyl (C=O) groups excluding carboxylic acids is 1. The maximum Gasteiger partial charge on any atom is 0.344 e. The molecule has 0 unspecified atom stereocenters. The highest BCUT2D eigenvalue weighted by Gasteiger charge is 2.19. The molecule has 0 spiro atoms. The lowest BCUT2D eigenvalue weighted by Gasteiger charge is -2.10. The standard InChI is InChI=1S/C24H15BrN4O6/c25-17-8-11-23(35-24(30)20-7-3-5-15-4-1-2-6-19(15)20)16(12-17)14-26-27-21-10-9-18(28(31)32)13-22(21)29(33)34/h1-14,27H/b26-14-. The van der Waals surface area contributed by atoms with Gasteiger partial charge in [0.15, 0.2) is 0 Å². The molecule has 0 radical (unpaired) electrons. The Hall–Kier alpha value is -4.64. The van der Waals surface area contributed by atoms with E-state index >= 15 is 0 Å². The van der Waals surface area contributed by atoms with E-state index in [1.54, 1.807) is 30.3 Å². The van der Waals surface area contributed by atoms with E-state index < -0.39 is 27.2 Å². The third kappa shape index (κ3) is 5.31. The predicted octanol–water partition coefficient (Wildman–Crippen LogP) is 6.08. The Morgan fingerprint density at radius 1 is 0.943 bits per heavy atom. The van der Waals surface area contributed by atoms with E-state index in [0.717, 1.165) is 22.9 Å². The number of hydrogen-bond donors (Lipinski definition) is 1. The van der Waals surface area contributed by atoms with Gasteiger partial charge in [0.2, 0.25) is 0 Å². The molecule has 0 atom stereocenters. The van der Waals surface area contributed by atoms with Crippen LogP contribution < -0.4 is 10.2 Å². The first-order valence-electron chi connectivity index (χ1n) is 10.0. The summed E-state index contributed by atoms with van der Waals surface area (Å²) in [7, 11) is 0. The van der Waals surface area contributed by atoms with Crippen LogP contribution in [0.2, 0.25) is 0 Å². The molecule has 0 heterocycles. The normalized spacial score (nSPS) is 10.9. The van der Waals surface area contributed by atoms with Crippen molar-refractivity contribution in [1.29, 1.82) is 0 Å². The number of carbonyl (C=O) groups is 1. The Bertz CT molecular complexity index is 1500. The van der Waals surface area contributed by atoms with Crippen molar-refractivity contribution < 1.29 is 19.4 Å². The van der Waals surface area contributed by atoms with Gasteiger partial charge in [0.1, 0.15) is 11.4 Å². The molecule has 0 bridgehead atoms. The first-order valence-corrected chi connectivity index (χ1v) is 10.8. The number of fused-ring (bicyclic) bond motifs is 1. The number of hydrazone groups is 1. The van der Waals surface area contributed by atoms with E-state index in [1.165, 1.54) is 12.3 Å². The molecule has 0 saturated heterocycles. The number of nitro benzene ring substituents is 2. The lowest BCUT2D eigenvalue weighted by Crippen LogP contribution is -2.10. The monoisotopic (exact) mass is 534 g/mol. The number of ether oxygens (including phenoxy) is 1. The van der Waals surface area contributed by atoms with Crippen molar-refractivity contribution in [2.45, 2.75) is 0 Å². The van der Waals surface area contributed by atoms with Gasteiger partial charge in [-0.25, -0.2) is 4.79 Å². The molecule has 1 N–H and O–H groups in total. The van der Waals surface area contributed by atoms with Crippen LogP contribution in [0, 0.1) is 20.2 Å². The summed E-state index contributed by atoms with van der Waals surface area (Å²) in [4.78, 5) is 33.7. The Balaban J connectivity index is 1.59. The molecule has 0 aliphatic carbocycles. The minimum Gasteiger partial charge on any atom is -0.422 e. The van der Waals surface area contributed by atoms with E-state index in [4.69, 9.17) is 4.74 Å². The molecule has 10 nitrogen and oxygen atoms in total.